The van der Waals surface area contributed by atoms with Crippen LogP contribution >= 0.6 is 0 Å². The molecule has 0 aliphatic heterocycles. The largest absolute Gasteiger partial charge is 0.464 e. The van der Waals surface area contributed by atoms with E-state index in [4.69, 9.17) is 4.74 Å². The fourth-order valence-corrected chi connectivity index (χ4v) is 2.47. The second-order valence-corrected chi connectivity index (χ2v) is 4.63. The van der Waals surface area contributed by atoms with E-state index < -0.39 is 12.1 Å². The highest BCUT2D eigenvalue weighted by Crippen LogP contribution is 2.36. The second kappa shape index (κ2) is 5.50. The Hall–Kier alpha value is -0.570. The van der Waals surface area contributed by atoms with Gasteiger partial charge in [0, 0.05) is 0 Å². The lowest BCUT2D eigenvalue weighted by atomic mass is 9.71. The molecule has 0 amide bonds. The number of esters is 1. The smallest absolute Gasteiger partial charge is 0.335 e. The van der Waals surface area contributed by atoms with Crippen LogP contribution in [0.3, 0.4) is 0 Å². The predicted octanol–water partition coefficient (Wildman–Crippen LogP) is 1.98. The molecule has 0 aromatic rings. The highest BCUT2D eigenvalue weighted by atomic mass is 16.5. The van der Waals surface area contributed by atoms with Crippen LogP contribution in [0, 0.1) is 17.8 Å². The summed E-state index contributed by atoms with van der Waals surface area (Å²) in [5, 5.41) is 9.89. The van der Waals surface area contributed by atoms with Crippen LogP contribution in [-0.4, -0.2) is 23.8 Å². The summed E-state index contributed by atoms with van der Waals surface area (Å²) in [5.41, 5.74) is 0. The molecule has 0 spiro atoms. The van der Waals surface area contributed by atoms with Gasteiger partial charge in [0.05, 0.1) is 6.61 Å². The van der Waals surface area contributed by atoms with E-state index in [9.17, 15) is 9.90 Å². The molecule has 1 fully saturated rings. The molecule has 0 saturated heterocycles. The number of rotatable bonds is 3. The third kappa shape index (κ3) is 2.94. The summed E-state index contributed by atoms with van der Waals surface area (Å²) >= 11 is 0. The molecule has 1 aliphatic rings. The number of carbonyl (C=O) groups is 1. The standard InChI is InChI=1S/C12H22O3/c1-4-15-12(14)11(13)10-7-5-6-8(2)9(10)3/h8-11,13H,4-7H2,1-3H3. The lowest BCUT2D eigenvalue weighted by Crippen LogP contribution is -2.39. The minimum atomic E-state index is -0.928. The second-order valence-electron chi connectivity index (χ2n) is 4.63. The Kier molecular flexibility index (Phi) is 4.58. The van der Waals surface area contributed by atoms with Crippen LogP contribution < -0.4 is 0 Å². The van der Waals surface area contributed by atoms with Crippen LogP contribution in [0.2, 0.25) is 0 Å². The molecular formula is C12H22O3. The molecular weight excluding hydrogens is 192 g/mol. The van der Waals surface area contributed by atoms with Gasteiger partial charge in [-0.05, 0) is 31.1 Å². The van der Waals surface area contributed by atoms with Crippen molar-refractivity contribution < 1.29 is 14.6 Å². The summed E-state index contributed by atoms with van der Waals surface area (Å²) in [4.78, 5) is 11.4. The fraction of sp³-hybridized carbons (Fsp3) is 0.917. The third-order valence-electron chi connectivity index (χ3n) is 3.70. The van der Waals surface area contributed by atoms with Gasteiger partial charge >= 0.3 is 5.97 Å². The summed E-state index contributed by atoms with van der Waals surface area (Å²) in [6, 6.07) is 0. The van der Waals surface area contributed by atoms with Crippen LogP contribution in [0.1, 0.15) is 40.0 Å². The van der Waals surface area contributed by atoms with Crippen molar-refractivity contribution in [3.05, 3.63) is 0 Å². The Balaban J connectivity index is 2.57. The number of carbonyl (C=O) groups excluding carboxylic acids is 1. The number of hydrogen-bond donors (Lipinski definition) is 1. The van der Waals surface area contributed by atoms with E-state index in [1.165, 1.54) is 6.42 Å². The van der Waals surface area contributed by atoms with Crippen molar-refractivity contribution in [2.45, 2.75) is 46.1 Å². The van der Waals surface area contributed by atoms with Crippen molar-refractivity contribution in [1.82, 2.24) is 0 Å². The maximum Gasteiger partial charge on any atom is 0.335 e. The summed E-state index contributed by atoms with van der Waals surface area (Å²) in [6.45, 7) is 6.41. The summed E-state index contributed by atoms with van der Waals surface area (Å²) in [7, 11) is 0. The van der Waals surface area contributed by atoms with E-state index in [1.54, 1.807) is 6.92 Å². The molecule has 1 rings (SSSR count). The van der Waals surface area contributed by atoms with Gasteiger partial charge in [-0.25, -0.2) is 4.79 Å². The number of aliphatic hydroxyl groups is 1. The summed E-state index contributed by atoms with van der Waals surface area (Å²) in [5.74, 6) is 0.613. The Morgan fingerprint density at radius 1 is 1.47 bits per heavy atom. The van der Waals surface area contributed by atoms with E-state index in [0.717, 1.165) is 12.8 Å². The fourth-order valence-electron chi connectivity index (χ4n) is 2.47. The molecule has 0 aromatic carbocycles. The third-order valence-corrected chi connectivity index (χ3v) is 3.70. The van der Waals surface area contributed by atoms with Gasteiger partial charge in [0.25, 0.3) is 0 Å². The highest BCUT2D eigenvalue weighted by Gasteiger charge is 2.36. The van der Waals surface area contributed by atoms with Gasteiger partial charge < -0.3 is 9.84 Å². The van der Waals surface area contributed by atoms with Gasteiger partial charge in [-0.3, -0.25) is 0 Å². The van der Waals surface area contributed by atoms with E-state index in [0.29, 0.717) is 18.4 Å². The van der Waals surface area contributed by atoms with Crippen LogP contribution in [0.5, 0.6) is 0 Å². The van der Waals surface area contributed by atoms with E-state index >= 15 is 0 Å². The molecule has 4 unspecified atom stereocenters. The van der Waals surface area contributed by atoms with Crippen molar-refractivity contribution in [2.24, 2.45) is 17.8 Å². The van der Waals surface area contributed by atoms with E-state index in [2.05, 4.69) is 13.8 Å². The molecule has 0 bridgehead atoms. The van der Waals surface area contributed by atoms with Gasteiger partial charge in [0.2, 0.25) is 0 Å². The van der Waals surface area contributed by atoms with E-state index in [-0.39, 0.29) is 5.92 Å². The SMILES string of the molecule is CCOC(=O)C(O)C1CCCC(C)C1C. The molecule has 88 valence electrons. The molecule has 0 aromatic heterocycles. The Labute approximate surface area is 91.8 Å². The number of hydrogen-bond acceptors (Lipinski definition) is 3. The molecule has 4 atom stereocenters. The topological polar surface area (TPSA) is 46.5 Å². The normalized spacial score (nSPS) is 33.5. The molecule has 15 heavy (non-hydrogen) atoms. The number of ether oxygens (including phenoxy) is 1. The van der Waals surface area contributed by atoms with Gasteiger partial charge in [0.1, 0.15) is 0 Å². The molecule has 3 heteroatoms. The zero-order chi connectivity index (χ0) is 11.4. The van der Waals surface area contributed by atoms with E-state index in [1.807, 2.05) is 0 Å². The molecule has 1 N–H and O–H groups in total. The first-order valence-corrected chi connectivity index (χ1v) is 5.92. The Bertz CT molecular complexity index is 215. The lowest BCUT2D eigenvalue weighted by Gasteiger charge is -2.35. The highest BCUT2D eigenvalue weighted by molar-refractivity contribution is 5.74. The van der Waals surface area contributed by atoms with Crippen LogP contribution in [0.25, 0.3) is 0 Å². The van der Waals surface area contributed by atoms with Crippen molar-refractivity contribution >= 4 is 5.97 Å². The Morgan fingerprint density at radius 3 is 2.73 bits per heavy atom. The average molecular weight is 214 g/mol. The summed E-state index contributed by atoms with van der Waals surface area (Å²) in [6.07, 6.45) is 2.31. The van der Waals surface area contributed by atoms with Crippen LogP contribution in [-0.2, 0) is 9.53 Å². The number of aliphatic hydroxyl groups excluding tert-OH is 1. The monoisotopic (exact) mass is 214 g/mol. The van der Waals surface area contributed by atoms with Crippen LogP contribution in [0.15, 0.2) is 0 Å². The predicted molar refractivity (Wildman–Crippen MR) is 58.3 cm³/mol. The molecule has 1 saturated carbocycles. The van der Waals surface area contributed by atoms with Gasteiger partial charge in [-0.15, -0.1) is 0 Å². The molecule has 3 nitrogen and oxygen atoms in total. The quantitative estimate of drug-likeness (QED) is 0.731. The zero-order valence-corrected chi connectivity index (χ0v) is 9.90. The van der Waals surface area contributed by atoms with Crippen molar-refractivity contribution in [3.8, 4) is 0 Å². The lowest BCUT2D eigenvalue weighted by molar-refractivity contribution is -0.158. The first-order valence-electron chi connectivity index (χ1n) is 5.92. The molecule has 1 aliphatic carbocycles. The van der Waals surface area contributed by atoms with Gasteiger partial charge in [0.15, 0.2) is 6.10 Å². The Morgan fingerprint density at radius 2 is 2.13 bits per heavy atom. The molecule has 0 radical (unpaired) electrons. The van der Waals surface area contributed by atoms with Crippen LogP contribution in [0.4, 0.5) is 0 Å². The van der Waals surface area contributed by atoms with Crippen molar-refractivity contribution in [3.63, 3.8) is 0 Å². The molecule has 0 heterocycles. The maximum atomic E-state index is 11.4. The van der Waals surface area contributed by atoms with Crippen molar-refractivity contribution in [1.29, 1.82) is 0 Å². The first-order chi connectivity index (χ1) is 7.07. The van der Waals surface area contributed by atoms with Gasteiger partial charge in [-0.2, -0.15) is 0 Å². The first kappa shape index (κ1) is 12.5. The minimum absolute atomic E-state index is 0.0767. The minimum Gasteiger partial charge on any atom is -0.464 e. The zero-order valence-electron chi connectivity index (χ0n) is 9.90. The summed E-state index contributed by atoms with van der Waals surface area (Å²) < 4.78 is 4.85. The van der Waals surface area contributed by atoms with Crippen molar-refractivity contribution in [2.75, 3.05) is 6.61 Å². The maximum absolute atomic E-state index is 11.4. The average Bonchev–Trinajstić information content (AvgIpc) is 2.21. The van der Waals surface area contributed by atoms with Gasteiger partial charge in [-0.1, -0.05) is 26.7 Å².